The molecule has 0 aliphatic carbocycles. The number of ether oxygens (including phenoxy) is 1. The Morgan fingerprint density at radius 3 is 2.58 bits per heavy atom. The second kappa shape index (κ2) is 9.21. The molecule has 1 aromatic heterocycles. The standard InChI is InChI=1S/C26H25N3O3S/c1-32-26(31)18-6-9-22-21(14-18)23(25(30)28-22)24(19-10-13-33-16-19)27-20-7-4-17(5-8-20)15-29-11-2-3-12-29/h4-10,13-14,16,27H,2-3,11-12,15H2,1H3,(H,28,30)/b24-23-. The molecule has 168 valence electrons. The molecule has 7 heteroatoms. The number of amides is 1. The summed E-state index contributed by atoms with van der Waals surface area (Å²) in [6.07, 6.45) is 2.55. The Morgan fingerprint density at radius 1 is 1.09 bits per heavy atom. The second-order valence-electron chi connectivity index (χ2n) is 8.27. The van der Waals surface area contributed by atoms with Gasteiger partial charge in [0.15, 0.2) is 0 Å². The van der Waals surface area contributed by atoms with Gasteiger partial charge in [-0.15, -0.1) is 0 Å². The van der Waals surface area contributed by atoms with Crippen molar-refractivity contribution >= 4 is 45.9 Å². The Labute approximate surface area is 196 Å². The van der Waals surface area contributed by atoms with E-state index in [2.05, 4.69) is 39.8 Å². The molecule has 3 aromatic rings. The van der Waals surface area contributed by atoms with Crippen LogP contribution in [0.2, 0.25) is 0 Å². The number of nitrogens with zero attached hydrogens (tertiary/aromatic N) is 1. The van der Waals surface area contributed by atoms with E-state index in [9.17, 15) is 9.59 Å². The van der Waals surface area contributed by atoms with E-state index >= 15 is 0 Å². The minimum Gasteiger partial charge on any atom is -0.465 e. The summed E-state index contributed by atoms with van der Waals surface area (Å²) in [5.74, 6) is -0.637. The molecule has 0 atom stereocenters. The highest BCUT2D eigenvalue weighted by atomic mass is 32.1. The molecule has 2 aliphatic rings. The van der Waals surface area contributed by atoms with Crippen LogP contribution < -0.4 is 10.6 Å². The molecule has 3 heterocycles. The SMILES string of the molecule is COC(=O)c1ccc2c(c1)/C(=C(/Nc1ccc(CN3CCCC3)cc1)c1ccsc1)C(=O)N2. The van der Waals surface area contributed by atoms with E-state index in [0.29, 0.717) is 28.1 Å². The summed E-state index contributed by atoms with van der Waals surface area (Å²) in [5.41, 5.74) is 6.08. The number of thiophene rings is 1. The lowest BCUT2D eigenvalue weighted by Crippen LogP contribution is -2.18. The van der Waals surface area contributed by atoms with E-state index in [0.717, 1.165) is 30.9 Å². The van der Waals surface area contributed by atoms with E-state index in [-0.39, 0.29) is 5.91 Å². The van der Waals surface area contributed by atoms with Gasteiger partial charge in [-0.05, 0) is 73.3 Å². The number of rotatable bonds is 6. The highest BCUT2D eigenvalue weighted by Crippen LogP contribution is 2.38. The normalized spacial score (nSPS) is 16.9. The quantitative estimate of drug-likeness (QED) is 0.398. The number of hydrogen-bond acceptors (Lipinski definition) is 6. The van der Waals surface area contributed by atoms with Gasteiger partial charge >= 0.3 is 5.97 Å². The van der Waals surface area contributed by atoms with Crippen molar-refractivity contribution in [3.8, 4) is 0 Å². The Bertz CT molecular complexity index is 1210. The molecule has 0 unspecified atom stereocenters. The van der Waals surface area contributed by atoms with Crippen LogP contribution in [-0.4, -0.2) is 37.0 Å². The highest BCUT2D eigenvalue weighted by Gasteiger charge is 2.29. The molecule has 0 bridgehead atoms. The molecular formula is C26H25N3O3S. The van der Waals surface area contributed by atoms with Crippen LogP contribution in [0.15, 0.2) is 59.3 Å². The number of carbonyl (C=O) groups is 2. The molecular weight excluding hydrogens is 434 g/mol. The predicted octanol–water partition coefficient (Wildman–Crippen LogP) is 5.06. The van der Waals surface area contributed by atoms with Crippen LogP contribution in [0.25, 0.3) is 11.3 Å². The molecule has 1 saturated heterocycles. The van der Waals surface area contributed by atoms with Gasteiger partial charge in [0.05, 0.1) is 23.9 Å². The van der Waals surface area contributed by atoms with Crippen LogP contribution in [0.3, 0.4) is 0 Å². The van der Waals surface area contributed by atoms with Gasteiger partial charge in [-0.1, -0.05) is 12.1 Å². The summed E-state index contributed by atoms with van der Waals surface area (Å²) >= 11 is 1.57. The Kier molecular flexibility index (Phi) is 5.98. The lowest BCUT2D eigenvalue weighted by molar-refractivity contribution is -0.110. The van der Waals surface area contributed by atoms with E-state index < -0.39 is 5.97 Å². The molecule has 5 rings (SSSR count). The van der Waals surface area contributed by atoms with E-state index in [1.54, 1.807) is 29.5 Å². The highest BCUT2D eigenvalue weighted by molar-refractivity contribution is 7.08. The first-order valence-electron chi connectivity index (χ1n) is 11.0. The minimum absolute atomic E-state index is 0.202. The fourth-order valence-corrected chi connectivity index (χ4v) is 5.03. The van der Waals surface area contributed by atoms with Gasteiger partial charge in [-0.25, -0.2) is 4.79 Å². The molecule has 1 fully saturated rings. The molecule has 2 N–H and O–H groups in total. The molecule has 6 nitrogen and oxygen atoms in total. The van der Waals surface area contributed by atoms with Crippen LogP contribution in [-0.2, 0) is 16.1 Å². The van der Waals surface area contributed by atoms with E-state index in [1.807, 2.05) is 16.8 Å². The summed E-state index contributed by atoms with van der Waals surface area (Å²) in [7, 11) is 1.35. The number of likely N-dealkylation sites (tertiary alicyclic amines) is 1. The summed E-state index contributed by atoms with van der Waals surface area (Å²) < 4.78 is 4.87. The first-order chi connectivity index (χ1) is 16.1. The van der Waals surface area contributed by atoms with Gasteiger partial charge in [0.2, 0.25) is 0 Å². The van der Waals surface area contributed by atoms with Crippen molar-refractivity contribution in [2.45, 2.75) is 19.4 Å². The van der Waals surface area contributed by atoms with Crippen molar-refractivity contribution in [3.05, 3.63) is 81.5 Å². The molecule has 2 aromatic carbocycles. The van der Waals surface area contributed by atoms with Crippen LogP contribution in [0.1, 0.15) is 39.9 Å². The van der Waals surface area contributed by atoms with Gasteiger partial charge in [-0.2, -0.15) is 11.3 Å². The van der Waals surface area contributed by atoms with E-state index in [4.69, 9.17) is 4.74 Å². The topological polar surface area (TPSA) is 70.7 Å². The monoisotopic (exact) mass is 459 g/mol. The number of nitrogens with one attached hydrogen (secondary N) is 2. The van der Waals surface area contributed by atoms with Crippen LogP contribution >= 0.6 is 11.3 Å². The number of benzene rings is 2. The summed E-state index contributed by atoms with van der Waals surface area (Å²) in [6.45, 7) is 3.29. The molecule has 33 heavy (non-hydrogen) atoms. The molecule has 2 aliphatic heterocycles. The molecule has 0 radical (unpaired) electrons. The summed E-state index contributed by atoms with van der Waals surface area (Å²) in [6, 6.07) is 15.5. The maximum atomic E-state index is 13.0. The van der Waals surface area contributed by atoms with Gasteiger partial charge in [0.25, 0.3) is 5.91 Å². The number of anilines is 2. The molecule has 0 saturated carbocycles. The smallest absolute Gasteiger partial charge is 0.337 e. The van der Waals surface area contributed by atoms with Crippen molar-refractivity contribution in [3.63, 3.8) is 0 Å². The average molecular weight is 460 g/mol. The maximum Gasteiger partial charge on any atom is 0.337 e. The Morgan fingerprint density at radius 2 is 1.88 bits per heavy atom. The third-order valence-corrected chi connectivity index (χ3v) is 6.76. The first kappa shape index (κ1) is 21.4. The van der Waals surface area contributed by atoms with Crippen LogP contribution in [0.5, 0.6) is 0 Å². The number of fused-ring (bicyclic) bond motifs is 1. The maximum absolute atomic E-state index is 13.0. The third-order valence-electron chi connectivity index (χ3n) is 6.07. The van der Waals surface area contributed by atoms with Crippen LogP contribution in [0, 0.1) is 0 Å². The van der Waals surface area contributed by atoms with Gasteiger partial charge in [0.1, 0.15) is 0 Å². The summed E-state index contributed by atoms with van der Waals surface area (Å²) in [5, 5.41) is 10.4. The number of methoxy groups -OCH3 is 1. The van der Waals surface area contributed by atoms with Crippen LogP contribution in [0.4, 0.5) is 11.4 Å². The first-order valence-corrected chi connectivity index (χ1v) is 12.0. The van der Waals surface area contributed by atoms with Crippen molar-refractivity contribution < 1.29 is 14.3 Å². The third kappa shape index (κ3) is 4.42. The Balaban J connectivity index is 1.50. The van der Waals surface area contributed by atoms with Gasteiger partial charge in [0, 0.05) is 34.4 Å². The zero-order valence-corrected chi connectivity index (χ0v) is 19.2. The largest absolute Gasteiger partial charge is 0.465 e. The van der Waals surface area contributed by atoms with Gasteiger partial charge in [-0.3, -0.25) is 9.69 Å². The fourth-order valence-electron chi connectivity index (χ4n) is 4.38. The Hall–Kier alpha value is -3.42. The lowest BCUT2D eigenvalue weighted by Gasteiger charge is -2.16. The van der Waals surface area contributed by atoms with Crippen molar-refractivity contribution in [1.82, 2.24) is 4.90 Å². The fraction of sp³-hybridized carbons (Fsp3) is 0.231. The zero-order chi connectivity index (χ0) is 22.8. The minimum atomic E-state index is -0.435. The van der Waals surface area contributed by atoms with E-state index in [1.165, 1.54) is 25.5 Å². The molecule has 0 spiro atoms. The van der Waals surface area contributed by atoms with Crippen molar-refractivity contribution in [2.75, 3.05) is 30.8 Å². The average Bonchev–Trinajstić information content (AvgIpc) is 3.59. The number of esters is 1. The molecule has 1 amide bonds. The zero-order valence-electron chi connectivity index (χ0n) is 18.4. The lowest BCUT2D eigenvalue weighted by atomic mass is 9.99. The number of hydrogen-bond donors (Lipinski definition) is 2. The second-order valence-corrected chi connectivity index (χ2v) is 9.05. The van der Waals surface area contributed by atoms with Gasteiger partial charge < -0.3 is 15.4 Å². The predicted molar refractivity (Wildman–Crippen MR) is 132 cm³/mol. The van der Waals surface area contributed by atoms with Crippen molar-refractivity contribution in [2.24, 2.45) is 0 Å². The summed E-state index contributed by atoms with van der Waals surface area (Å²) in [4.78, 5) is 27.6. The van der Waals surface area contributed by atoms with Crippen molar-refractivity contribution in [1.29, 1.82) is 0 Å². The number of carbonyl (C=O) groups excluding carboxylic acids is 2.